The molecule has 1 aromatic heterocycles. The first-order valence-corrected chi connectivity index (χ1v) is 6.77. The molecule has 0 bridgehead atoms. The zero-order chi connectivity index (χ0) is 11.4. The Kier molecular flexibility index (Phi) is 5.26. The van der Waals surface area contributed by atoms with Gasteiger partial charge in [0.25, 0.3) is 0 Å². The van der Waals surface area contributed by atoms with Gasteiger partial charge in [0.2, 0.25) is 0 Å². The maximum absolute atomic E-state index is 9.23. The van der Waals surface area contributed by atoms with Crippen molar-refractivity contribution in [3.05, 3.63) is 20.8 Å². The third-order valence-corrected chi connectivity index (χ3v) is 4.29. The fraction of sp³-hybridized carbons (Fsp3) is 0.636. The number of aliphatic hydroxyl groups is 1. The zero-order valence-electron chi connectivity index (χ0n) is 9.33. The Bertz CT molecular complexity index is 301. The number of rotatable bonds is 5. The van der Waals surface area contributed by atoms with Crippen LogP contribution in [0.25, 0.3) is 0 Å². The molecule has 0 aliphatic carbocycles. The van der Waals surface area contributed by atoms with E-state index < -0.39 is 0 Å². The van der Waals surface area contributed by atoms with Crippen molar-refractivity contribution < 1.29 is 5.11 Å². The molecule has 15 heavy (non-hydrogen) atoms. The first kappa shape index (κ1) is 13.2. The highest BCUT2D eigenvalue weighted by molar-refractivity contribution is 9.11. The van der Waals surface area contributed by atoms with Crippen molar-refractivity contribution in [3.8, 4) is 0 Å². The number of hydrogen-bond acceptors (Lipinski definition) is 3. The zero-order valence-corrected chi connectivity index (χ0v) is 11.7. The summed E-state index contributed by atoms with van der Waals surface area (Å²) < 4.78 is 1.15. The van der Waals surface area contributed by atoms with Crippen molar-refractivity contribution in [2.75, 3.05) is 6.61 Å². The average molecular weight is 292 g/mol. The van der Waals surface area contributed by atoms with E-state index in [-0.39, 0.29) is 12.6 Å². The summed E-state index contributed by atoms with van der Waals surface area (Å²) in [6.45, 7) is 6.55. The van der Waals surface area contributed by atoms with Crippen molar-refractivity contribution in [1.82, 2.24) is 5.32 Å². The van der Waals surface area contributed by atoms with E-state index in [1.165, 1.54) is 4.88 Å². The largest absolute Gasteiger partial charge is 0.395 e. The third kappa shape index (κ3) is 3.87. The van der Waals surface area contributed by atoms with Crippen molar-refractivity contribution in [2.24, 2.45) is 5.92 Å². The maximum Gasteiger partial charge on any atom is 0.0701 e. The lowest BCUT2D eigenvalue weighted by atomic mass is 10.0. The third-order valence-electron chi connectivity index (χ3n) is 2.49. The molecule has 86 valence electrons. The van der Waals surface area contributed by atoms with Gasteiger partial charge in [0.15, 0.2) is 0 Å². The van der Waals surface area contributed by atoms with Gasteiger partial charge in [-0.15, -0.1) is 11.3 Å². The lowest BCUT2D eigenvalue weighted by Gasteiger charge is -2.24. The van der Waals surface area contributed by atoms with Gasteiger partial charge in [0.05, 0.1) is 10.4 Å². The second-order valence-electron chi connectivity index (χ2n) is 4.06. The van der Waals surface area contributed by atoms with Gasteiger partial charge >= 0.3 is 0 Å². The van der Waals surface area contributed by atoms with Crippen LogP contribution in [-0.4, -0.2) is 17.8 Å². The monoisotopic (exact) mass is 291 g/mol. The molecule has 0 aromatic carbocycles. The van der Waals surface area contributed by atoms with Crippen molar-refractivity contribution in [3.63, 3.8) is 0 Å². The topological polar surface area (TPSA) is 32.3 Å². The van der Waals surface area contributed by atoms with Crippen molar-refractivity contribution >= 4 is 27.3 Å². The Morgan fingerprint density at radius 3 is 2.47 bits per heavy atom. The van der Waals surface area contributed by atoms with Crippen molar-refractivity contribution in [2.45, 2.75) is 32.9 Å². The molecule has 4 heteroatoms. The summed E-state index contributed by atoms with van der Waals surface area (Å²) in [5.74, 6) is 0.445. The van der Waals surface area contributed by atoms with Crippen LogP contribution in [-0.2, 0) is 0 Å². The molecule has 1 rings (SSSR count). The SMILES string of the molecule is CC(NC(CO)C(C)C)c1ccc(Br)s1. The Balaban J connectivity index is 2.58. The maximum atomic E-state index is 9.23. The van der Waals surface area contributed by atoms with Crippen LogP contribution in [0.1, 0.15) is 31.7 Å². The molecule has 0 aliphatic rings. The number of nitrogens with one attached hydrogen (secondary N) is 1. The van der Waals surface area contributed by atoms with Gasteiger partial charge in [0.1, 0.15) is 0 Å². The number of aliphatic hydroxyl groups excluding tert-OH is 1. The van der Waals surface area contributed by atoms with Gasteiger partial charge in [-0.1, -0.05) is 13.8 Å². The first-order valence-electron chi connectivity index (χ1n) is 5.16. The molecule has 1 heterocycles. The van der Waals surface area contributed by atoms with Gasteiger partial charge in [0, 0.05) is 17.0 Å². The highest BCUT2D eigenvalue weighted by Gasteiger charge is 2.16. The van der Waals surface area contributed by atoms with Crippen LogP contribution in [0.2, 0.25) is 0 Å². The molecular formula is C11H18BrNOS. The highest BCUT2D eigenvalue weighted by Crippen LogP contribution is 2.27. The van der Waals surface area contributed by atoms with Gasteiger partial charge in [-0.25, -0.2) is 0 Å². The standard InChI is InChI=1S/C11H18BrNOS/c1-7(2)9(6-14)13-8(3)10-4-5-11(12)15-10/h4-5,7-9,13-14H,6H2,1-3H3. The van der Waals surface area contributed by atoms with Crippen LogP contribution in [0.5, 0.6) is 0 Å². The minimum atomic E-state index is 0.167. The van der Waals surface area contributed by atoms with E-state index in [0.29, 0.717) is 12.0 Å². The molecule has 1 aromatic rings. The summed E-state index contributed by atoms with van der Waals surface area (Å²) in [6.07, 6.45) is 0. The fourth-order valence-electron chi connectivity index (χ4n) is 1.42. The number of hydrogen-bond donors (Lipinski definition) is 2. The summed E-state index contributed by atoms with van der Waals surface area (Å²) in [4.78, 5) is 1.29. The normalized spacial score (nSPS) is 15.6. The Labute approximate surface area is 104 Å². The summed E-state index contributed by atoms with van der Waals surface area (Å²) in [6, 6.07) is 4.63. The van der Waals surface area contributed by atoms with Gasteiger partial charge < -0.3 is 10.4 Å². The molecule has 0 radical (unpaired) electrons. The van der Waals surface area contributed by atoms with Crippen LogP contribution in [0.4, 0.5) is 0 Å². The number of halogens is 1. The quantitative estimate of drug-likeness (QED) is 0.873. The van der Waals surface area contributed by atoms with Crippen molar-refractivity contribution in [1.29, 1.82) is 0 Å². The van der Waals surface area contributed by atoms with Gasteiger partial charge in [-0.3, -0.25) is 0 Å². The summed E-state index contributed by atoms with van der Waals surface area (Å²) in [7, 11) is 0. The Morgan fingerprint density at radius 1 is 1.40 bits per heavy atom. The lowest BCUT2D eigenvalue weighted by Crippen LogP contribution is -2.38. The van der Waals surface area contributed by atoms with E-state index in [4.69, 9.17) is 0 Å². The van der Waals surface area contributed by atoms with Crippen LogP contribution in [0, 0.1) is 5.92 Å². The predicted octanol–water partition coefficient (Wildman–Crippen LogP) is 3.18. The minimum absolute atomic E-state index is 0.167. The summed E-state index contributed by atoms with van der Waals surface area (Å²) in [5, 5.41) is 12.7. The Morgan fingerprint density at radius 2 is 2.07 bits per heavy atom. The second-order valence-corrected chi connectivity index (χ2v) is 6.56. The molecular weight excluding hydrogens is 274 g/mol. The van der Waals surface area contributed by atoms with Crippen LogP contribution >= 0.6 is 27.3 Å². The second kappa shape index (κ2) is 5.99. The molecule has 0 aliphatic heterocycles. The smallest absolute Gasteiger partial charge is 0.0701 e. The van der Waals surface area contributed by atoms with E-state index in [1.807, 2.05) is 0 Å². The molecule has 0 fully saturated rings. The molecule has 0 amide bonds. The van der Waals surface area contributed by atoms with E-state index >= 15 is 0 Å². The highest BCUT2D eigenvalue weighted by atomic mass is 79.9. The first-order chi connectivity index (χ1) is 7.04. The van der Waals surface area contributed by atoms with E-state index in [0.717, 1.165) is 3.79 Å². The molecule has 2 nitrogen and oxygen atoms in total. The molecule has 0 saturated heterocycles. The fourth-order valence-corrected chi connectivity index (χ4v) is 2.86. The van der Waals surface area contributed by atoms with E-state index in [9.17, 15) is 5.11 Å². The minimum Gasteiger partial charge on any atom is -0.395 e. The molecule has 2 unspecified atom stereocenters. The average Bonchev–Trinajstić information content (AvgIpc) is 2.60. The van der Waals surface area contributed by atoms with Crippen LogP contribution in [0.3, 0.4) is 0 Å². The predicted molar refractivity (Wildman–Crippen MR) is 69.3 cm³/mol. The van der Waals surface area contributed by atoms with Gasteiger partial charge in [-0.2, -0.15) is 0 Å². The van der Waals surface area contributed by atoms with E-state index in [2.05, 4.69) is 54.2 Å². The lowest BCUT2D eigenvalue weighted by molar-refractivity contribution is 0.202. The molecule has 0 spiro atoms. The summed E-state index contributed by atoms with van der Waals surface area (Å²) >= 11 is 5.19. The van der Waals surface area contributed by atoms with Crippen LogP contribution in [0.15, 0.2) is 15.9 Å². The molecule has 2 N–H and O–H groups in total. The molecule has 0 saturated carbocycles. The Hall–Kier alpha value is 0.1000. The molecule has 2 atom stereocenters. The number of thiophene rings is 1. The van der Waals surface area contributed by atoms with E-state index in [1.54, 1.807) is 11.3 Å². The van der Waals surface area contributed by atoms with Crippen LogP contribution < -0.4 is 5.32 Å². The summed E-state index contributed by atoms with van der Waals surface area (Å²) in [5.41, 5.74) is 0. The van der Waals surface area contributed by atoms with Gasteiger partial charge in [-0.05, 0) is 40.9 Å².